The molecule has 2 rings (SSSR count). The van der Waals surface area contributed by atoms with Crippen LogP contribution in [-0.2, 0) is 11.2 Å². The van der Waals surface area contributed by atoms with Gasteiger partial charge in [0.1, 0.15) is 0 Å². The van der Waals surface area contributed by atoms with Crippen molar-refractivity contribution in [1.82, 2.24) is 5.32 Å². The lowest BCUT2D eigenvalue weighted by Crippen LogP contribution is -2.33. The van der Waals surface area contributed by atoms with Gasteiger partial charge in [-0.25, -0.2) is 0 Å². The first kappa shape index (κ1) is 17.9. The Bertz CT molecular complexity index is 601. The summed E-state index contributed by atoms with van der Waals surface area (Å²) in [5.41, 5.74) is 1.31. The molecule has 122 valence electrons. The van der Waals surface area contributed by atoms with E-state index in [1.165, 1.54) is 5.56 Å². The Morgan fingerprint density at radius 1 is 1.13 bits per heavy atom. The molecule has 1 unspecified atom stereocenters. The Balaban J connectivity index is 1.63. The topological polar surface area (TPSA) is 29.1 Å². The van der Waals surface area contributed by atoms with Crippen LogP contribution in [0.15, 0.2) is 59.5 Å². The maximum atomic E-state index is 12.0. The van der Waals surface area contributed by atoms with Crippen molar-refractivity contribution < 1.29 is 4.79 Å². The fourth-order valence-electron chi connectivity index (χ4n) is 2.24. The summed E-state index contributed by atoms with van der Waals surface area (Å²) < 4.78 is 0. The van der Waals surface area contributed by atoms with Crippen LogP contribution < -0.4 is 5.32 Å². The van der Waals surface area contributed by atoms with Gasteiger partial charge in [0.25, 0.3) is 0 Å². The molecular weight excluding hydrogens is 326 g/mol. The third kappa shape index (κ3) is 7.10. The van der Waals surface area contributed by atoms with Gasteiger partial charge >= 0.3 is 0 Å². The zero-order chi connectivity index (χ0) is 16.5. The maximum Gasteiger partial charge on any atom is 0.221 e. The lowest BCUT2D eigenvalue weighted by Gasteiger charge is -2.13. The van der Waals surface area contributed by atoms with E-state index in [4.69, 9.17) is 11.6 Å². The van der Waals surface area contributed by atoms with Gasteiger partial charge in [0.15, 0.2) is 0 Å². The van der Waals surface area contributed by atoms with Crippen molar-refractivity contribution in [2.24, 2.45) is 0 Å². The predicted octanol–water partition coefficient (Wildman–Crippen LogP) is 4.96. The van der Waals surface area contributed by atoms with Gasteiger partial charge in [0.2, 0.25) is 5.91 Å². The van der Waals surface area contributed by atoms with E-state index in [0.717, 1.165) is 28.5 Å². The van der Waals surface area contributed by atoms with Crippen LogP contribution in [0.2, 0.25) is 5.02 Å². The second kappa shape index (κ2) is 9.64. The number of hydrogen-bond donors (Lipinski definition) is 1. The van der Waals surface area contributed by atoms with Crippen molar-refractivity contribution in [1.29, 1.82) is 0 Å². The lowest BCUT2D eigenvalue weighted by atomic mass is 10.1. The Hall–Kier alpha value is -1.45. The zero-order valence-electron chi connectivity index (χ0n) is 13.3. The van der Waals surface area contributed by atoms with Gasteiger partial charge in [-0.15, -0.1) is 11.8 Å². The standard InChI is InChI=1S/C19H22ClNOS/c1-15(7-8-16-5-3-2-4-6-16)21-19(22)13-14-23-18-11-9-17(20)10-12-18/h2-6,9-12,15H,7-8,13-14H2,1H3,(H,21,22). The molecule has 0 bridgehead atoms. The van der Waals surface area contributed by atoms with Crippen LogP contribution in [0.1, 0.15) is 25.3 Å². The van der Waals surface area contributed by atoms with Gasteiger partial charge in [0, 0.05) is 28.1 Å². The zero-order valence-corrected chi connectivity index (χ0v) is 14.9. The number of amides is 1. The summed E-state index contributed by atoms with van der Waals surface area (Å²) in [4.78, 5) is 13.1. The first-order chi connectivity index (χ1) is 11.1. The fraction of sp³-hybridized carbons (Fsp3) is 0.316. The lowest BCUT2D eigenvalue weighted by molar-refractivity contribution is -0.121. The van der Waals surface area contributed by atoms with E-state index in [2.05, 4.69) is 24.4 Å². The monoisotopic (exact) mass is 347 g/mol. The summed E-state index contributed by atoms with van der Waals surface area (Å²) in [6, 6.07) is 18.3. The summed E-state index contributed by atoms with van der Waals surface area (Å²) in [5, 5.41) is 3.81. The normalized spacial score (nSPS) is 11.9. The number of rotatable bonds is 8. The van der Waals surface area contributed by atoms with E-state index in [1.807, 2.05) is 42.5 Å². The summed E-state index contributed by atoms with van der Waals surface area (Å²) >= 11 is 7.53. The van der Waals surface area contributed by atoms with Gasteiger partial charge in [0.05, 0.1) is 0 Å². The van der Waals surface area contributed by atoms with Crippen molar-refractivity contribution in [2.45, 2.75) is 37.1 Å². The molecule has 1 atom stereocenters. The molecule has 0 aliphatic rings. The molecule has 0 saturated carbocycles. The number of hydrogen-bond acceptors (Lipinski definition) is 2. The smallest absolute Gasteiger partial charge is 0.221 e. The molecule has 0 aliphatic heterocycles. The Morgan fingerprint density at radius 3 is 2.52 bits per heavy atom. The van der Waals surface area contributed by atoms with Crippen LogP contribution in [-0.4, -0.2) is 17.7 Å². The molecule has 0 radical (unpaired) electrons. The highest BCUT2D eigenvalue weighted by Gasteiger charge is 2.07. The fourth-order valence-corrected chi connectivity index (χ4v) is 3.22. The highest BCUT2D eigenvalue weighted by Crippen LogP contribution is 2.20. The predicted molar refractivity (Wildman–Crippen MR) is 99.2 cm³/mol. The number of nitrogens with one attached hydrogen (secondary N) is 1. The minimum Gasteiger partial charge on any atom is -0.354 e. The van der Waals surface area contributed by atoms with Gasteiger partial charge in [-0.2, -0.15) is 0 Å². The third-order valence-electron chi connectivity index (χ3n) is 3.53. The molecule has 0 aromatic heterocycles. The molecule has 23 heavy (non-hydrogen) atoms. The SMILES string of the molecule is CC(CCc1ccccc1)NC(=O)CCSc1ccc(Cl)cc1. The van der Waals surface area contributed by atoms with Crippen molar-refractivity contribution in [3.63, 3.8) is 0 Å². The van der Waals surface area contributed by atoms with Crippen molar-refractivity contribution in [3.05, 3.63) is 65.2 Å². The molecule has 0 aliphatic carbocycles. The number of halogens is 1. The second-order valence-corrected chi connectivity index (χ2v) is 7.15. The highest BCUT2D eigenvalue weighted by molar-refractivity contribution is 7.99. The molecule has 2 nitrogen and oxygen atoms in total. The van der Waals surface area contributed by atoms with E-state index < -0.39 is 0 Å². The van der Waals surface area contributed by atoms with Crippen LogP contribution in [0.5, 0.6) is 0 Å². The molecule has 0 saturated heterocycles. The Kier molecular flexibility index (Phi) is 7.50. The number of carbonyl (C=O) groups is 1. The van der Waals surface area contributed by atoms with Crippen LogP contribution in [0.25, 0.3) is 0 Å². The van der Waals surface area contributed by atoms with Crippen LogP contribution >= 0.6 is 23.4 Å². The van der Waals surface area contributed by atoms with Gasteiger partial charge in [-0.05, 0) is 49.6 Å². The molecular formula is C19H22ClNOS. The molecule has 0 heterocycles. The molecule has 0 spiro atoms. The second-order valence-electron chi connectivity index (χ2n) is 5.55. The van der Waals surface area contributed by atoms with E-state index >= 15 is 0 Å². The minimum absolute atomic E-state index is 0.118. The summed E-state index contributed by atoms with van der Waals surface area (Å²) in [5.74, 6) is 0.894. The highest BCUT2D eigenvalue weighted by atomic mass is 35.5. The summed E-state index contributed by atoms with van der Waals surface area (Å²) in [7, 11) is 0. The first-order valence-electron chi connectivity index (χ1n) is 7.85. The van der Waals surface area contributed by atoms with E-state index in [1.54, 1.807) is 11.8 Å². The molecule has 1 N–H and O–H groups in total. The number of benzene rings is 2. The van der Waals surface area contributed by atoms with Crippen LogP contribution in [0.4, 0.5) is 0 Å². The quantitative estimate of drug-likeness (QED) is 0.684. The van der Waals surface area contributed by atoms with Crippen molar-refractivity contribution in [3.8, 4) is 0 Å². The van der Waals surface area contributed by atoms with Gasteiger partial charge in [-0.1, -0.05) is 41.9 Å². The Morgan fingerprint density at radius 2 is 1.83 bits per heavy atom. The molecule has 2 aromatic carbocycles. The summed E-state index contributed by atoms with van der Waals surface area (Å²) in [6.07, 6.45) is 2.48. The van der Waals surface area contributed by atoms with Gasteiger partial charge < -0.3 is 5.32 Å². The average molecular weight is 348 g/mol. The number of thioether (sulfide) groups is 1. The largest absolute Gasteiger partial charge is 0.354 e. The first-order valence-corrected chi connectivity index (χ1v) is 9.21. The van der Waals surface area contributed by atoms with Gasteiger partial charge in [-0.3, -0.25) is 4.79 Å². The van der Waals surface area contributed by atoms with Crippen LogP contribution in [0.3, 0.4) is 0 Å². The Labute approximate surface area is 147 Å². The summed E-state index contributed by atoms with van der Waals surface area (Å²) in [6.45, 7) is 2.06. The molecule has 4 heteroatoms. The van der Waals surface area contributed by atoms with E-state index in [-0.39, 0.29) is 11.9 Å². The minimum atomic E-state index is 0.118. The third-order valence-corrected chi connectivity index (χ3v) is 4.79. The van der Waals surface area contributed by atoms with Crippen molar-refractivity contribution in [2.75, 3.05) is 5.75 Å². The maximum absolute atomic E-state index is 12.0. The average Bonchev–Trinajstić information content (AvgIpc) is 2.56. The van der Waals surface area contributed by atoms with E-state index in [9.17, 15) is 4.79 Å². The molecule has 2 aromatic rings. The number of carbonyl (C=O) groups excluding carboxylic acids is 1. The number of aryl methyl sites for hydroxylation is 1. The van der Waals surface area contributed by atoms with E-state index in [0.29, 0.717) is 6.42 Å². The van der Waals surface area contributed by atoms with Crippen molar-refractivity contribution >= 4 is 29.3 Å². The molecule has 0 fully saturated rings. The molecule has 1 amide bonds. The van der Waals surface area contributed by atoms with Crippen LogP contribution in [0, 0.1) is 0 Å².